The Kier molecular flexibility index (Phi) is 4.03. The fraction of sp³-hybridized carbons (Fsp3) is 0.200. The Morgan fingerprint density at radius 1 is 1.33 bits per heavy atom. The molecule has 3 heterocycles. The number of nitrogen functional groups attached to an aromatic ring is 1. The Balaban J connectivity index is 1.92. The van der Waals surface area contributed by atoms with E-state index >= 15 is 0 Å². The minimum atomic E-state index is 0.262. The van der Waals surface area contributed by atoms with E-state index in [1.54, 1.807) is 18.5 Å². The van der Waals surface area contributed by atoms with Crippen LogP contribution in [-0.2, 0) is 6.42 Å². The Hall–Kier alpha value is -2.11. The van der Waals surface area contributed by atoms with Crippen LogP contribution >= 0.6 is 23.3 Å². The number of hydrogen-bond acceptors (Lipinski definition) is 10. The lowest BCUT2D eigenvalue weighted by atomic mass is 10.5. The van der Waals surface area contributed by atoms with Crippen LogP contribution in [0, 0.1) is 0 Å². The second-order valence-corrected chi connectivity index (χ2v) is 5.73. The molecule has 0 aliphatic rings. The molecule has 0 fully saturated rings. The van der Waals surface area contributed by atoms with Crippen molar-refractivity contribution in [2.45, 2.75) is 22.8 Å². The molecule has 0 saturated carbocycles. The lowest BCUT2D eigenvalue weighted by Crippen LogP contribution is -2.14. The number of aryl methyl sites for hydroxylation is 1. The Morgan fingerprint density at radius 2 is 2.24 bits per heavy atom. The average molecular weight is 321 g/mol. The van der Waals surface area contributed by atoms with Crippen molar-refractivity contribution in [2.24, 2.45) is 5.84 Å². The van der Waals surface area contributed by atoms with Crippen molar-refractivity contribution in [2.75, 3.05) is 5.43 Å². The van der Waals surface area contributed by atoms with E-state index in [2.05, 4.69) is 34.8 Å². The van der Waals surface area contributed by atoms with Gasteiger partial charge in [-0.3, -0.25) is 5.43 Å². The van der Waals surface area contributed by atoms with E-state index in [-0.39, 0.29) is 5.95 Å². The van der Waals surface area contributed by atoms with Gasteiger partial charge in [0.05, 0.1) is 0 Å². The molecule has 0 amide bonds. The van der Waals surface area contributed by atoms with Crippen molar-refractivity contribution in [3.63, 3.8) is 0 Å². The summed E-state index contributed by atoms with van der Waals surface area (Å²) in [6.45, 7) is 2.01. The van der Waals surface area contributed by atoms with Crippen molar-refractivity contribution in [3.8, 4) is 5.95 Å². The van der Waals surface area contributed by atoms with Gasteiger partial charge in [0.25, 0.3) is 5.95 Å². The first-order valence-electron chi connectivity index (χ1n) is 6.01. The molecule has 0 radical (unpaired) electrons. The molecule has 11 heteroatoms. The fourth-order valence-electron chi connectivity index (χ4n) is 1.45. The molecule has 3 N–H and O–H groups in total. The van der Waals surface area contributed by atoms with E-state index < -0.39 is 0 Å². The van der Waals surface area contributed by atoms with Crippen LogP contribution in [0.1, 0.15) is 12.7 Å². The summed E-state index contributed by atoms with van der Waals surface area (Å²) in [5.74, 6) is 6.84. The molecule has 0 aliphatic carbocycles. The zero-order valence-electron chi connectivity index (χ0n) is 11.0. The number of nitrogens with two attached hydrogens (primary N) is 1. The predicted molar refractivity (Wildman–Crippen MR) is 78.2 cm³/mol. The summed E-state index contributed by atoms with van der Waals surface area (Å²) in [5.41, 5.74) is 2.42. The van der Waals surface area contributed by atoms with Crippen LogP contribution in [0.3, 0.4) is 0 Å². The van der Waals surface area contributed by atoms with E-state index in [9.17, 15) is 0 Å². The molecular formula is C10H11N9S2. The van der Waals surface area contributed by atoms with E-state index in [0.29, 0.717) is 11.1 Å². The molecule has 21 heavy (non-hydrogen) atoms. The highest BCUT2D eigenvalue weighted by Gasteiger charge is 2.12. The fourth-order valence-corrected chi connectivity index (χ4v) is 3.00. The molecule has 0 atom stereocenters. The summed E-state index contributed by atoms with van der Waals surface area (Å²) in [6, 6.07) is 1.78. The number of rotatable bonds is 5. The minimum Gasteiger partial charge on any atom is -0.292 e. The molecule has 0 unspecified atom stereocenters. The average Bonchev–Trinajstić information content (AvgIpc) is 3.18. The first kappa shape index (κ1) is 13.9. The smallest absolute Gasteiger partial charge is 0.256 e. The second kappa shape index (κ2) is 6.11. The van der Waals surface area contributed by atoms with Crippen LogP contribution in [-0.4, -0.2) is 34.1 Å². The third kappa shape index (κ3) is 3.15. The zero-order valence-corrected chi connectivity index (χ0v) is 12.6. The molecule has 0 spiro atoms. The molecule has 3 aromatic rings. The minimum absolute atomic E-state index is 0.262. The van der Waals surface area contributed by atoms with Gasteiger partial charge >= 0.3 is 0 Å². The highest BCUT2D eigenvalue weighted by Crippen LogP contribution is 2.27. The van der Waals surface area contributed by atoms with Crippen LogP contribution < -0.4 is 11.3 Å². The first-order chi connectivity index (χ1) is 10.3. The Labute approximate surface area is 128 Å². The highest BCUT2D eigenvalue weighted by atomic mass is 32.2. The van der Waals surface area contributed by atoms with Gasteiger partial charge in [-0.05, 0) is 29.4 Å². The van der Waals surface area contributed by atoms with Crippen LogP contribution in [0.25, 0.3) is 5.95 Å². The zero-order chi connectivity index (χ0) is 14.7. The number of hydrogen-bond donors (Lipinski definition) is 2. The number of aromatic nitrogens is 7. The molecule has 9 nitrogen and oxygen atoms in total. The third-order valence-corrected chi connectivity index (χ3v) is 4.04. The van der Waals surface area contributed by atoms with Crippen molar-refractivity contribution >= 4 is 29.2 Å². The lowest BCUT2D eigenvalue weighted by molar-refractivity contribution is 0.760. The topological polar surface area (TPSA) is 120 Å². The van der Waals surface area contributed by atoms with Crippen LogP contribution in [0.4, 0.5) is 5.95 Å². The molecule has 0 aliphatic heterocycles. The van der Waals surface area contributed by atoms with Gasteiger partial charge in [0, 0.05) is 18.8 Å². The second-order valence-electron chi connectivity index (χ2n) is 3.77. The van der Waals surface area contributed by atoms with Crippen molar-refractivity contribution in [1.29, 1.82) is 0 Å². The van der Waals surface area contributed by atoms with Gasteiger partial charge in [0.2, 0.25) is 11.1 Å². The summed E-state index contributed by atoms with van der Waals surface area (Å²) in [5, 5.41) is 4.56. The van der Waals surface area contributed by atoms with Gasteiger partial charge < -0.3 is 0 Å². The SMILES string of the molecule is CCc1nsc(Sc2nc(NN)nc(-n3cccn3)n2)n1. The Morgan fingerprint density at radius 3 is 2.90 bits per heavy atom. The van der Waals surface area contributed by atoms with E-state index in [0.717, 1.165) is 16.6 Å². The van der Waals surface area contributed by atoms with Crippen molar-refractivity contribution in [1.82, 2.24) is 34.1 Å². The van der Waals surface area contributed by atoms with Crippen LogP contribution in [0.5, 0.6) is 0 Å². The van der Waals surface area contributed by atoms with Crippen molar-refractivity contribution in [3.05, 3.63) is 24.3 Å². The van der Waals surface area contributed by atoms with Crippen LogP contribution in [0.2, 0.25) is 0 Å². The monoisotopic (exact) mass is 321 g/mol. The molecule has 0 bridgehead atoms. The number of nitrogens with zero attached hydrogens (tertiary/aromatic N) is 7. The van der Waals surface area contributed by atoms with Gasteiger partial charge in [0.15, 0.2) is 4.34 Å². The molecule has 3 rings (SSSR count). The van der Waals surface area contributed by atoms with Crippen molar-refractivity contribution < 1.29 is 0 Å². The van der Waals surface area contributed by atoms with Gasteiger partial charge in [-0.15, -0.1) is 0 Å². The predicted octanol–water partition coefficient (Wildman–Crippen LogP) is 0.908. The summed E-state index contributed by atoms with van der Waals surface area (Å²) >= 11 is 2.62. The number of nitrogens with one attached hydrogen (secondary N) is 1. The molecular weight excluding hydrogens is 310 g/mol. The maximum absolute atomic E-state index is 5.39. The van der Waals surface area contributed by atoms with Gasteiger partial charge in [0.1, 0.15) is 5.82 Å². The summed E-state index contributed by atoms with van der Waals surface area (Å²) < 4.78 is 6.53. The summed E-state index contributed by atoms with van der Waals surface area (Å²) in [7, 11) is 0. The number of hydrazine groups is 1. The largest absolute Gasteiger partial charge is 0.292 e. The maximum Gasteiger partial charge on any atom is 0.256 e. The maximum atomic E-state index is 5.39. The van der Waals surface area contributed by atoms with Gasteiger partial charge in [-0.2, -0.15) is 24.4 Å². The quantitative estimate of drug-likeness (QED) is 0.521. The molecule has 0 saturated heterocycles. The highest BCUT2D eigenvalue weighted by molar-refractivity contribution is 8.00. The summed E-state index contributed by atoms with van der Waals surface area (Å²) in [6.07, 6.45) is 4.18. The third-order valence-electron chi connectivity index (χ3n) is 2.39. The van der Waals surface area contributed by atoms with E-state index in [1.807, 2.05) is 6.92 Å². The van der Waals surface area contributed by atoms with E-state index in [4.69, 9.17) is 5.84 Å². The number of anilines is 1. The normalized spacial score (nSPS) is 10.8. The first-order valence-corrected chi connectivity index (χ1v) is 7.60. The van der Waals surface area contributed by atoms with Gasteiger partial charge in [-0.25, -0.2) is 15.5 Å². The molecule has 3 aromatic heterocycles. The van der Waals surface area contributed by atoms with Crippen LogP contribution in [0.15, 0.2) is 28.0 Å². The van der Waals surface area contributed by atoms with Gasteiger partial charge in [-0.1, -0.05) is 6.92 Å². The van der Waals surface area contributed by atoms with E-state index in [1.165, 1.54) is 28.0 Å². The lowest BCUT2D eigenvalue weighted by Gasteiger charge is -2.04. The molecule has 0 aromatic carbocycles. The molecule has 108 valence electrons. The summed E-state index contributed by atoms with van der Waals surface area (Å²) in [4.78, 5) is 17.1. The standard InChI is InChI=1S/C10H11N9S2/c1-2-6-13-10(21-18-6)20-9-15-7(17-11)14-8(16-9)19-5-3-4-12-19/h3-5H,2,11H2,1H3,(H,14,15,16,17). The Bertz CT molecular complexity index is 724.